The molecule has 8 heteroatoms. The van der Waals surface area contributed by atoms with Gasteiger partial charge < -0.3 is 10.1 Å². The van der Waals surface area contributed by atoms with Crippen LogP contribution in [0, 0.1) is 0 Å². The van der Waals surface area contributed by atoms with Gasteiger partial charge in [-0.25, -0.2) is 9.59 Å². The Labute approximate surface area is 143 Å². The molecule has 23 heavy (non-hydrogen) atoms. The van der Waals surface area contributed by atoms with Crippen LogP contribution in [-0.4, -0.2) is 30.6 Å². The van der Waals surface area contributed by atoms with E-state index in [9.17, 15) is 14.4 Å². The molecule has 0 aliphatic carbocycles. The van der Waals surface area contributed by atoms with Crippen molar-refractivity contribution in [3.05, 3.63) is 39.9 Å². The summed E-state index contributed by atoms with van der Waals surface area (Å²) in [5.41, 5.74) is 0.576. The van der Waals surface area contributed by atoms with E-state index in [1.54, 1.807) is 19.1 Å². The lowest BCUT2D eigenvalue weighted by atomic mass is 10.2. The van der Waals surface area contributed by atoms with E-state index in [0.717, 1.165) is 6.08 Å². The summed E-state index contributed by atoms with van der Waals surface area (Å²) in [5, 5.41) is 5.30. The second kappa shape index (κ2) is 9.17. The highest BCUT2D eigenvalue weighted by molar-refractivity contribution is 6.35. The number of amides is 3. The van der Waals surface area contributed by atoms with Crippen LogP contribution in [0.2, 0.25) is 10.0 Å². The number of rotatable bonds is 5. The quantitative estimate of drug-likeness (QED) is 0.626. The summed E-state index contributed by atoms with van der Waals surface area (Å²) in [6.45, 7) is 3.44. The summed E-state index contributed by atoms with van der Waals surface area (Å²) in [5.74, 6) is -1.46. The fourth-order valence-corrected chi connectivity index (χ4v) is 1.95. The molecular formula is C15H16Cl2N2O4. The van der Waals surface area contributed by atoms with E-state index in [-0.39, 0.29) is 0 Å². The number of hydrogen-bond acceptors (Lipinski definition) is 4. The Balaban J connectivity index is 2.56. The highest BCUT2D eigenvalue weighted by Gasteiger charge is 2.18. The van der Waals surface area contributed by atoms with E-state index in [4.69, 9.17) is 27.9 Å². The predicted octanol–water partition coefficient (Wildman–Crippen LogP) is 2.78. The second-order valence-corrected chi connectivity index (χ2v) is 5.27. The summed E-state index contributed by atoms with van der Waals surface area (Å²) >= 11 is 11.7. The molecular weight excluding hydrogens is 343 g/mol. The van der Waals surface area contributed by atoms with Gasteiger partial charge in [-0.15, -0.1) is 0 Å². The number of urea groups is 1. The summed E-state index contributed by atoms with van der Waals surface area (Å²) in [7, 11) is 0. The van der Waals surface area contributed by atoms with Gasteiger partial charge in [0.05, 0.1) is 0 Å². The van der Waals surface area contributed by atoms with Gasteiger partial charge in [0.1, 0.15) is 0 Å². The summed E-state index contributed by atoms with van der Waals surface area (Å²) in [6.07, 6.45) is 1.45. The molecule has 2 N–H and O–H groups in total. The number of esters is 1. The average Bonchev–Trinajstić information content (AvgIpc) is 2.46. The lowest BCUT2D eigenvalue weighted by Gasteiger charge is -2.11. The van der Waals surface area contributed by atoms with Crippen LogP contribution in [0.1, 0.15) is 19.4 Å². The third-order valence-electron chi connectivity index (χ3n) is 2.60. The number of carbonyl (C=O) groups is 3. The molecule has 3 amide bonds. The number of benzene rings is 1. The maximum Gasteiger partial charge on any atom is 0.331 e. The van der Waals surface area contributed by atoms with Crippen LogP contribution in [0.5, 0.6) is 0 Å². The third-order valence-corrected chi connectivity index (χ3v) is 3.16. The maximum atomic E-state index is 11.7. The van der Waals surface area contributed by atoms with Crippen LogP contribution in [0.4, 0.5) is 4.79 Å². The van der Waals surface area contributed by atoms with Gasteiger partial charge in [-0.1, -0.05) is 29.3 Å². The lowest BCUT2D eigenvalue weighted by molar-refractivity contribution is -0.149. The first-order chi connectivity index (χ1) is 10.8. The average molecular weight is 359 g/mol. The Hall–Kier alpha value is -2.05. The van der Waals surface area contributed by atoms with Crippen molar-refractivity contribution in [1.29, 1.82) is 0 Å². The summed E-state index contributed by atoms with van der Waals surface area (Å²) in [6, 6.07) is 4.15. The van der Waals surface area contributed by atoms with E-state index in [1.165, 1.54) is 19.1 Å². The van der Waals surface area contributed by atoms with E-state index in [2.05, 4.69) is 5.32 Å². The molecule has 0 aliphatic rings. The molecule has 0 aromatic heterocycles. The molecule has 0 saturated heterocycles. The minimum Gasteiger partial charge on any atom is -0.449 e. The predicted molar refractivity (Wildman–Crippen MR) is 88.3 cm³/mol. The van der Waals surface area contributed by atoms with Gasteiger partial charge in [-0.05, 0) is 37.6 Å². The van der Waals surface area contributed by atoms with E-state index < -0.39 is 24.0 Å². The number of imide groups is 1. The molecule has 6 nitrogen and oxygen atoms in total. The van der Waals surface area contributed by atoms with Crippen molar-refractivity contribution in [2.45, 2.75) is 20.0 Å². The normalized spacial score (nSPS) is 11.8. The Morgan fingerprint density at radius 2 is 2.00 bits per heavy atom. The van der Waals surface area contributed by atoms with Crippen LogP contribution in [0.25, 0.3) is 6.08 Å². The van der Waals surface area contributed by atoms with Gasteiger partial charge in [0, 0.05) is 22.7 Å². The van der Waals surface area contributed by atoms with Crippen molar-refractivity contribution >= 4 is 47.2 Å². The molecule has 0 heterocycles. The largest absolute Gasteiger partial charge is 0.449 e. The Morgan fingerprint density at radius 3 is 2.61 bits per heavy atom. The number of carbonyl (C=O) groups excluding carboxylic acids is 3. The lowest BCUT2D eigenvalue weighted by Crippen LogP contribution is -2.44. The van der Waals surface area contributed by atoms with Crippen molar-refractivity contribution < 1.29 is 19.1 Å². The SMILES string of the molecule is CCNC(=O)NC(=O)[C@H](C)OC(=O)/C=C/c1ccc(Cl)cc1Cl. The van der Waals surface area contributed by atoms with Gasteiger partial charge in [-0.3, -0.25) is 10.1 Å². The molecule has 1 rings (SSSR count). The molecule has 0 fully saturated rings. The first-order valence-corrected chi connectivity index (χ1v) is 7.51. The first kappa shape index (κ1) is 19.0. The van der Waals surface area contributed by atoms with E-state index in [1.807, 2.05) is 5.32 Å². The Morgan fingerprint density at radius 1 is 1.30 bits per heavy atom. The minimum absolute atomic E-state index is 0.373. The van der Waals surface area contributed by atoms with Crippen molar-refractivity contribution in [2.24, 2.45) is 0 Å². The summed E-state index contributed by atoms with van der Waals surface area (Å²) < 4.78 is 4.89. The Bertz CT molecular complexity index is 632. The fourth-order valence-electron chi connectivity index (χ4n) is 1.48. The standard InChI is InChI=1S/C15H16Cl2N2O4/c1-3-18-15(22)19-14(21)9(2)23-13(20)7-5-10-4-6-11(16)8-12(10)17/h4-9H,3H2,1-2H3,(H2,18,19,21,22)/b7-5+/t9-/m0/s1. The topological polar surface area (TPSA) is 84.5 Å². The molecule has 124 valence electrons. The molecule has 0 radical (unpaired) electrons. The molecule has 0 aliphatic heterocycles. The maximum absolute atomic E-state index is 11.7. The van der Waals surface area contributed by atoms with Gasteiger partial charge in [-0.2, -0.15) is 0 Å². The minimum atomic E-state index is -1.12. The van der Waals surface area contributed by atoms with E-state index in [0.29, 0.717) is 22.2 Å². The van der Waals surface area contributed by atoms with Crippen LogP contribution in [0.3, 0.4) is 0 Å². The molecule has 1 aromatic rings. The van der Waals surface area contributed by atoms with Crippen molar-refractivity contribution in [2.75, 3.05) is 6.54 Å². The van der Waals surface area contributed by atoms with Crippen LogP contribution >= 0.6 is 23.2 Å². The highest BCUT2D eigenvalue weighted by atomic mass is 35.5. The van der Waals surface area contributed by atoms with Gasteiger partial charge in [0.15, 0.2) is 6.10 Å². The van der Waals surface area contributed by atoms with Crippen LogP contribution in [0.15, 0.2) is 24.3 Å². The fraction of sp³-hybridized carbons (Fsp3) is 0.267. The van der Waals surface area contributed by atoms with Crippen LogP contribution < -0.4 is 10.6 Å². The van der Waals surface area contributed by atoms with Crippen molar-refractivity contribution in [3.8, 4) is 0 Å². The van der Waals surface area contributed by atoms with Gasteiger partial charge >= 0.3 is 12.0 Å². The zero-order valence-electron chi connectivity index (χ0n) is 12.6. The second-order valence-electron chi connectivity index (χ2n) is 4.43. The van der Waals surface area contributed by atoms with E-state index >= 15 is 0 Å². The van der Waals surface area contributed by atoms with Crippen molar-refractivity contribution in [1.82, 2.24) is 10.6 Å². The van der Waals surface area contributed by atoms with Crippen LogP contribution in [-0.2, 0) is 14.3 Å². The Kier molecular flexibility index (Phi) is 7.57. The molecule has 0 spiro atoms. The van der Waals surface area contributed by atoms with Gasteiger partial charge in [0.2, 0.25) is 0 Å². The molecule has 0 saturated carbocycles. The first-order valence-electron chi connectivity index (χ1n) is 6.76. The third kappa shape index (κ3) is 6.71. The zero-order chi connectivity index (χ0) is 17.4. The number of halogens is 2. The summed E-state index contributed by atoms with van der Waals surface area (Å²) in [4.78, 5) is 34.5. The molecule has 0 bridgehead atoms. The zero-order valence-corrected chi connectivity index (χ0v) is 14.1. The smallest absolute Gasteiger partial charge is 0.331 e. The highest BCUT2D eigenvalue weighted by Crippen LogP contribution is 2.21. The monoisotopic (exact) mass is 358 g/mol. The molecule has 1 atom stereocenters. The number of ether oxygens (including phenoxy) is 1. The van der Waals surface area contributed by atoms with Crippen molar-refractivity contribution in [3.63, 3.8) is 0 Å². The number of hydrogen-bond donors (Lipinski definition) is 2. The van der Waals surface area contributed by atoms with Gasteiger partial charge in [0.25, 0.3) is 5.91 Å². The molecule has 0 unspecified atom stereocenters. The molecule has 1 aromatic carbocycles. The number of nitrogens with one attached hydrogen (secondary N) is 2.